The molecule has 3 aromatic rings. The first kappa shape index (κ1) is 25.8. The van der Waals surface area contributed by atoms with E-state index >= 15 is 0 Å². The van der Waals surface area contributed by atoms with Crippen LogP contribution in [0, 0.1) is 22.7 Å². The van der Waals surface area contributed by atoms with Gasteiger partial charge in [-0.25, -0.2) is 9.97 Å². The SMILES string of the molecule is Cn1cnc(-c2cnc(N)c(OCC3CCN(c4nc(OCC5(C#N)CC5)nc(C(=O)N5CCC5)n4)CC3)c2)c1. The van der Waals surface area contributed by atoms with Crippen LogP contribution in [0.25, 0.3) is 11.3 Å². The molecule has 2 saturated heterocycles. The number of ether oxygens (including phenoxy) is 2. The van der Waals surface area contributed by atoms with Crippen LogP contribution < -0.4 is 20.1 Å². The van der Waals surface area contributed by atoms with E-state index < -0.39 is 5.41 Å². The van der Waals surface area contributed by atoms with Gasteiger partial charge in [0.15, 0.2) is 11.6 Å². The van der Waals surface area contributed by atoms with Gasteiger partial charge in [-0.15, -0.1) is 0 Å². The lowest BCUT2D eigenvalue weighted by Crippen LogP contribution is -2.43. The van der Waals surface area contributed by atoms with E-state index in [0.717, 1.165) is 43.4 Å². The number of anilines is 2. The molecule has 2 aliphatic heterocycles. The lowest BCUT2D eigenvalue weighted by Gasteiger charge is -2.33. The minimum absolute atomic E-state index is 0.0859. The Kier molecular flexibility index (Phi) is 6.83. The molecule has 0 radical (unpaired) electrons. The van der Waals surface area contributed by atoms with Crippen LogP contribution in [0.5, 0.6) is 11.8 Å². The van der Waals surface area contributed by atoms with Gasteiger partial charge < -0.3 is 29.6 Å². The number of amides is 1. The maximum absolute atomic E-state index is 12.9. The molecule has 3 aromatic heterocycles. The zero-order chi connectivity index (χ0) is 27.7. The molecule has 1 saturated carbocycles. The first-order valence-electron chi connectivity index (χ1n) is 13.6. The number of hydrogen-bond acceptors (Lipinski definition) is 11. The third kappa shape index (κ3) is 5.47. The lowest BCUT2D eigenvalue weighted by molar-refractivity contribution is 0.0636. The van der Waals surface area contributed by atoms with E-state index in [1.165, 1.54) is 0 Å². The molecule has 0 aromatic carbocycles. The highest BCUT2D eigenvalue weighted by Gasteiger charge is 2.44. The summed E-state index contributed by atoms with van der Waals surface area (Å²) in [4.78, 5) is 38.7. The molecule has 3 aliphatic rings. The van der Waals surface area contributed by atoms with Crippen LogP contribution in [0.3, 0.4) is 0 Å². The number of nitrogen functional groups attached to an aromatic ring is 1. The van der Waals surface area contributed by atoms with Crippen LogP contribution in [0.15, 0.2) is 24.8 Å². The number of pyridine rings is 1. The van der Waals surface area contributed by atoms with Gasteiger partial charge in [0.25, 0.3) is 5.91 Å². The van der Waals surface area contributed by atoms with Crippen LogP contribution in [0.2, 0.25) is 0 Å². The summed E-state index contributed by atoms with van der Waals surface area (Å²) in [5.74, 6) is 1.49. The Balaban J connectivity index is 1.10. The van der Waals surface area contributed by atoms with Crippen molar-refractivity contribution in [3.8, 4) is 29.1 Å². The van der Waals surface area contributed by atoms with Crippen molar-refractivity contribution in [3.63, 3.8) is 0 Å². The topological polar surface area (TPSA) is 161 Å². The largest absolute Gasteiger partial charge is 0.489 e. The van der Waals surface area contributed by atoms with E-state index in [2.05, 4.69) is 31.0 Å². The quantitative estimate of drug-likeness (QED) is 0.420. The fraction of sp³-hybridized carbons (Fsp3) is 0.519. The number of likely N-dealkylation sites (tertiary alicyclic amines) is 1. The molecule has 13 heteroatoms. The Morgan fingerprint density at radius 1 is 1.15 bits per heavy atom. The van der Waals surface area contributed by atoms with Gasteiger partial charge >= 0.3 is 6.01 Å². The molecule has 40 heavy (non-hydrogen) atoms. The number of nitrogens with two attached hydrogens (primary N) is 1. The minimum Gasteiger partial charge on any atom is -0.489 e. The molecule has 5 heterocycles. The number of rotatable bonds is 9. The molecule has 0 bridgehead atoms. The van der Waals surface area contributed by atoms with Gasteiger partial charge in [-0.05, 0) is 44.1 Å². The number of piperidine rings is 1. The minimum atomic E-state index is -0.469. The summed E-state index contributed by atoms with van der Waals surface area (Å²) in [6, 6.07) is 4.28. The van der Waals surface area contributed by atoms with Gasteiger partial charge in [0.2, 0.25) is 11.8 Å². The summed E-state index contributed by atoms with van der Waals surface area (Å²) in [6.07, 6.45) is 9.62. The third-order valence-electron chi connectivity index (χ3n) is 7.76. The maximum Gasteiger partial charge on any atom is 0.322 e. The first-order chi connectivity index (χ1) is 19.4. The summed E-state index contributed by atoms with van der Waals surface area (Å²) >= 11 is 0. The Labute approximate surface area is 232 Å². The average molecular weight is 545 g/mol. The molecule has 6 rings (SSSR count). The van der Waals surface area contributed by atoms with E-state index in [4.69, 9.17) is 15.2 Å². The van der Waals surface area contributed by atoms with Crippen molar-refractivity contribution < 1.29 is 14.3 Å². The summed E-state index contributed by atoms with van der Waals surface area (Å²) in [6.45, 7) is 3.50. The average Bonchev–Trinajstić information content (AvgIpc) is 3.61. The number of hydrogen-bond donors (Lipinski definition) is 1. The number of carbonyl (C=O) groups excluding carboxylic acids is 1. The highest BCUT2D eigenvalue weighted by molar-refractivity contribution is 5.91. The third-order valence-corrected chi connectivity index (χ3v) is 7.76. The molecule has 0 spiro atoms. The molecule has 3 fully saturated rings. The summed E-state index contributed by atoms with van der Waals surface area (Å²) in [5, 5.41) is 9.39. The fourth-order valence-corrected chi connectivity index (χ4v) is 4.73. The van der Waals surface area contributed by atoms with E-state index in [1.54, 1.807) is 17.4 Å². The van der Waals surface area contributed by atoms with Crippen molar-refractivity contribution in [2.24, 2.45) is 18.4 Å². The number of aromatic nitrogens is 6. The number of nitrogens with zero attached hydrogens (tertiary/aromatic N) is 9. The summed E-state index contributed by atoms with van der Waals surface area (Å²) < 4.78 is 13.8. The monoisotopic (exact) mass is 544 g/mol. The van der Waals surface area contributed by atoms with Crippen molar-refractivity contribution in [2.45, 2.75) is 32.1 Å². The van der Waals surface area contributed by atoms with Gasteiger partial charge in [-0.2, -0.15) is 20.2 Å². The van der Waals surface area contributed by atoms with Gasteiger partial charge in [-0.3, -0.25) is 4.79 Å². The van der Waals surface area contributed by atoms with Crippen molar-refractivity contribution >= 4 is 17.7 Å². The van der Waals surface area contributed by atoms with E-state index in [-0.39, 0.29) is 24.3 Å². The molecular weight excluding hydrogens is 512 g/mol. The van der Waals surface area contributed by atoms with Gasteiger partial charge in [0.05, 0.1) is 30.1 Å². The number of nitriles is 1. The second-order valence-corrected chi connectivity index (χ2v) is 10.8. The number of carbonyl (C=O) groups is 1. The van der Waals surface area contributed by atoms with Crippen molar-refractivity contribution in [2.75, 3.05) is 50.0 Å². The van der Waals surface area contributed by atoms with Crippen LogP contribution in [0.4, 0.5) is 11.8 Å². The second-order valence-electron chi connectivity index (χ2n) is 10.8. The van der Waals surface area contributed by atoms with Gasteiger partial charge in [0, 0.05) is 51.2 Å². The van der Waals surface area contributed by atoms with Crippen molar-refractivity contribution in [3.05, 3.63) is 30.6 Å². The van der Waals surface area contributed by atoms with Crippen molar-refractivity contribution in [1.82, 2.24) is 34.4 Å². The lowest BCUT2D eigenvalue weighted by atomic mass is 9.98. The number of imidazole rings is 1. The van der Waals surface area contributed by atoms with Gasteiger partial charge in [-0.1, -0.05) is 0 Å². The van der Waals surface area contributed by atoms with Crippen LogP contribution >= 0.6 is 0 Å². The Hall–Kier alpha value is -4.47. The molecular formula is C27H32N10O3. The highest BCUT2D eigenvalue weighted by Crippen LogP contribution is 2.45. The van der Waals surface area contributed by atoms with Crippen LogP contribution in [-0.4, -0.2) is 79.7 Å². The molecule has 2 N–H and O–H groups in total. The predicted molar refractivity (Wildman–Crippen MR) is 144 cm³/mol. The first-order valence-corrected chi connectivity index (χ1v) is 13.6. The van der Waals surface area contributed by atoms with E-state index in [9.17, 15) is 10.1 Å². The van der Waals surface area contributed by atoms with Crippen molar-refractivity contribution in [1.29, 1.82) is 5.26 Å². The van der Waals surface area contributed by atoms with Gasteiger partial charge in [0.1, 0.15) is 6.61 Å². The Morgan fingerprint density at radius 2 is 1.95 bits per heavy atom. The normalized spacial score (nSPS) is 18.1. The van der Waals surface area contributed by atoms with Crippen LogP contribution in [0.1, 0.15) is 42.7 Å². The molecule has 1 amide bonds. The Morgan fingerprint density at radius 3 is 2.60 bits per heavy atom. The maximum atomic E-state index is 12.9. The highest BCUT2D eigenvalue weighted by atomic mass is 16.5. The molecule has 208 valence electrons. The number of aryl methyl sites for hydroxylation is 1. The fourth-order valence-electron chi connectivity index (χ4n) is 4.73. The standard InChI is InChI=1S/C27H32N10O3/c1-35-13-20(31-17-35)19-11-21(22(29)30-12-19)39-14-18-3-9-37(10-4-18)25-32-23(24(38)36-7-2-8-36)33-26(34-25)40-16-27(15-28)5-6-27/h11-13,17-18H,2-10,14,16H2,1H3,(H2,29,30). The molecule has 0 atom stereocenters. The smallest absolute Gasteiger partial charge is 0.322 e. The summed E-state index contributed by atoms with van der Waals surface area (Å²) in [7, 11) is 1.92. The molecule has 0 unspecified atom stereocenters. The second kappa shape index (κ2) is 10.6. The zero-order valence-corrected chi connectivity index (χ0v) is 22.5. The zero-order valence-electron chi connectivity index (χ0n) is 22.5. The molecule has 13 nitrogen and oxygen atoms in total. The molecule has 1 aliphatic carbocycles. The summed E-state index contributed by atoms with van der Waals surface area (Å²) in [5.41, 5.74) is 7.27. The van der Waals surface area contributed by atoms with E-state index in [1.807, 2.05) is 28.8 Å². The Bertz CT molecular complexity index is 1430. The predicted octanol–water partition coefficient (Wildman–Crippen LogP) is 2.07. The van der Waals surface area contributed by atoms with E-state index in [0.29, 0.717) is 56.2 Å². The van der Waals surface area contributed by atoms with Crippen LogP contribution in [-0.2, 0) is 7.05 Å².